The van der Waals surface area contributed by atoms with Gasteiger partial charge in [-0.2, -0.15) is 0 Å². The van der Waals surface area contributed by atoms with Crippen LogP contribution >= 0.6 is 11.3 Å². The second-order valence-electron chi connectivity index (χ2n) is 7.30. The molecule has 0 spiro atoms. The van der Waals surface area contributed by atoms with Gasteiger partial charge in [-0.15, -0.1) is 11.3 Å². The summed E-state index contributed by atoms with van der Waals surface area (Å²) in [5.41, 5.74) is 2.68. The van der Waals surface area contributed by atoms with Crippen molar-refractivity contribution in [1.82, 2.24) is 19.9 Å². The Morgan fingerprint density at radius 2 is 2.17 bits per heavy atom. The van der Waals surface area contributed by atoms with E-state index in [-0.39, 0.29) is 18.3 Å². The van der Waals surface area contributed by atoms with Crippen molar-refractivity contribution in [3.05, 3.63) is 45.5 Å². The van der Waals surface area contributed by atoms with Crippen LogP contribution in [0.15, 0.2) is 23.6 Å². The molecule has 1 aliphatic heterocycles. The van der Waals surface area contributed by atoms with E-state index >= 15 is 0 Å². The highest BCUT2D eigenvalue weighted by Gasteiger charge is 2.24. The number of aromatic nitrogens is 3. The quantitative estimate of drug-likeness (QED) is 0.648. The molecule has 0 aromatic carbocycles. The number of hydrogen-bond acceptors (Lipinski definition) is 6. The van der Waals surface area contributed by atoms with E-state index in [1.165, 1.54) is 24.9 Å². The van der Waals surface area contributed by atoms with Crippen molar-refractivity contribution < 1.29 is 14.3 Å². The molecule has 1 N–H and O–H groups in total. The van der Waals surface area contributed by atoms with E-state index in [1.54, 1.807) is 6.07 Å². The van der Waals surface area contributed by atoms with Crippen LogP contribution in [-0.2, 0) is 22.5 Å². The molecular weight excluding hydrogens is 388 g/mol. The van der Waals surface area contributed by atoms with Crippen molar-refractivity contribution in [2.45, 2.75) is 51.6 Å². The Morgan fingerprint density at radius 1 is 1.31 bits per heavy atom. The first-order chi connectivity index (χ1) is 14.1. The molecule has 3 aromatic heterocycles. The Balaban J connectivity index is 1.69. The molecule has 0 fully saturated rings. The summed E-state index contributed by atoms with van der Waals surface area (Å²) in [7, 11) is 1.35. The largest absolute Gasteiger partial charge is 0.469 e. The van der Waals surface area contributed by atoms with Gasteiger partial charge in [-0.1, -0.05) is 12.5 Å². The normalized spacial score (nSPS) is 14.8. The molecule has 4 rings (SSSR count). The molecular formula is C21H24N4O3S. The SMILES string of the molecule is COC(=O)C[C@H](NC(=O)c1cc(C)nc2c1nc1n2CCCCC1)c1cccs1. The third kappa shape index (κ3) is 4.03. The van der Waals surface area contributed by atoms with Gasteiger partial charge in [0.15, 0.2) is 5.65 Å². The van der Waals surface area contributed by atoms with Crippen molar-refractivity contribution in [3.63, 3.8) is 0 Å². The van der Waals surface area contributed by atoms with Gasteiger partial charge in [-0.3, -0.25) is 9.59 Å². The molecule has 0 radical (unpaired) electrons. The maximum atomic E-state index is 13.2. The number of esters is 1. The third-order valence-electron chi connectivity index (χ3n) is 5.23. The van der Waals surface area contributed by atoms with Gasteiger partial charge in [0.25, 0.3) is 5.91 Å². The summed E-state index contributed by atoms with van der Waals surface area (Å²) in [5, 5.41) is 4.93. The fraction of sp³-hybridized carbons (Fsp3) is 0.429. The number of hydrogen-bond donors (Lipinski definition) is 1. The van der Waals surface area contributed by atoms with E-state index in [0.29, 0.717) is 11.1 Å². The van der Waals surface area contributed by atoms with Crippen LogP contribution < -0.4 is 5.32 Å². The molecule has 0 saturated heterocycles. The molecule has 29 heavy (non-hydrogen) atoms. The highest BCUT2D eigenvalue weighted by Crippen LogP contribution is 2.26. The maximum Gasteiger partial charge on any atom is 0.307 e. The Labute approximate surface area is 173 Å². The van der Waals surface area contributed by atoms with E-state index in [2.05, 4.69) is 14.9 Å². The van der Waals surface area contributed by atoms with E-state index in [1.807, 2.05) is 24.4 Å². The number of nitrogens with one attached hydrogen (secondary N) is 1. The molecule has 1 aliphatic rings. The lowest BCUT2D eigenvalue weighted by molar-refractivity contribution is -0.141. The highest BCUT2D eigenvalue weighted by atomic mass is 32.1. The topological polar surface area (TPSA) is 86.1 Å². The highest BCUT2D eigenvalue weighted by molar-refractivity contribution is 7.10. The fourth-order valence-electron chi connectivity index (χ4n) is 3.79. The van der Waals surface area contributed by atoms with E-state index in [4.69, 9.17) is 9.72 Å². The average Bonchev–Trinajstić information content (AvgIpc) is 3.29. The predicted octanol–water partition coefficient (Wildman–Crippen LogP) is 3.56. The minimum absolute atomic E-state index is 0.0790. The zero-order valence-corrected chi connectivity index (χ0v) is 17.4. The number of rotatable bonds is 5. The monoisotopic (exact) mass is 412 g/mol. The summed E-state index contributed by atoms with van der Waals surface area (Å²) in [6, 6.07) is 5.13. The van der Waals surface area contributed by atoms with E-state index < -0.39 is 6.04 Å². The molecule has 1 amide bonds. The number of thiophene rings is 1. The minimum Gasteiger partial charge on any atom is -0.469 e. The van der Waals surface area contributed by atoms with Crippen molar-refractivity contribution in [3.8, 4) is 0 Å². The molecule has 0 saturated carbocycles. The number of carbonyl (C=O) groups is 2. The maximum absolute atomic E-state index is 13.2. The molecule has 152 valence electrons. The number of fused-ring (bicyclic) bond motifs is 3. The second kappa shape index (κ2) is 8.32. The van der Waals surface area contributed by atoms with Crippen molar-refractivity contribution in [1.29, 1.82) is 0 Å². The van der Waals surface area contributed by atoms with Crippen molar-refractivity contribution in [2.75, 3.05) is 7.11 Å². The van der Waals surface area contributed by atoms with Crippen LogP contribution in [0.5, 0.6) is 0 Å². The zero-order valence-electron chi connectivity index (χ0n) is 16.6. The Bertz CT molecular complexity index is 1040. The molecule has 7 nitrogen and oxygen atoms in total. The average molecular weight is 413 g/mol. The summed E-state index contributed by atoms with van der Waals surface area (Å²) in [4.78, 5) is 35.5. The van der Waals surface area contributed by atoms with Gasteiger partial charge in [0.2, 0.25) is 0 Å². The number of aryl methyl sites for hydroxylation is 3. The lowest BCUT2D eigenvalue weighted by Crippen LogP contribution is -2.30. The molecule has 1 atom stereocenters. The van der Waals surface area contributed by atoms with Crippen molar-refractivity contribution in [2.24, 2.45) is 0 Å². The summed E-state index contributed by atoms with van der Waals surface area (Å²) in [6.45, 7) is 2.77. The van der Waals surface area contributed by atoms with Gasteiger partial charge in [-0.25, -0.2) is 9.97 Å². The number of pyridine rings is 1. The fourth-order valence-corrected chi connectivity index (χ4v) is 4.56. The van der Waals surface area contributed by atoms with Gasteiger partial charge in [0, 0.05) is 23.5 Å². The smallest absolute Gasteiger partial charge is 0.307 e. The lowest BCUT2D eigenvalue weighted by Gasteiger charge is -2.17. The zero-order chi connectivity index (χ0) is 20.4. The minimum atomic E-state index is -0.445. The lowest BCUT2D eigenvalue weighted by atomic mass is 10.1. The molecule has 0 bridgehead atoms. The van der Waals surface area contributed by atoms with Crippen molar-refractivity contribution >= 4 is 34.4 Å². The number of amides is 1. The predicted molar refractivity (Wildman–Crippen MR) is 111 cm³/mol. The first-order valence-corrected chi connectivity index (χ1v) is 10.7. The summed E-state index contributed by atoms with van der Waals surface area (Å²) < 4.78 is 6.96. The second-order valence-corrected chi connectivity index (χ2v) is 8.27. The van der Waals surface area contributed by atoms with Crippen LogP contribution in [0.1, 0.15) is 58.5 Å². The van der Waals surface area contributed by atoms with Crippen LogP contribution in [0.25, 0.3) is 11.2 Å². The summed E-state index contributed by atoms with van der Waals surface area (Å²) in [5.74, 6) is 0.374. The molecule has 3 aromatic rings. The Hall–Kier alpha value is -2.74. The van der Waals surface area contributed by atoms with E-state index in [9.17, 15) is 9.59 Å². The Morgan fingerprint density at radius 3 is 2.93 bits per heavy atom. The standard InChI is InChI=1S/C21H24N4O3S/c1-13-11-14(19-20(22-13)25-9-5-3-4-8-17(25)24-19)21(27)23-15(12-18(26)28-2)16-7-6-10-29-16/h6-7,10-11,15H,3-5,8-9,12H2,1-2H3,(H,23,27)/t15-/m0/s1. The van der Waals surface area contributed by atoms with Crippen LogP contribution in [-0.4, -0.2) is 33.5 Å². The summed E-state index contributed by atoms with van der Waals surface area (Å²) in [6.07, 6.45) is 4.35. The van der Waals surface area contributed by atoms with Gasteiger partial charge >= 0.3 is 5.97 Å². The van der Waals surface area contributed by atoms with E-state index in [0.717, 1.165) is 47.8 Å². The Kier molecular flexibility index (Phi) is 5.62. The molecule has 0 aliphatic carbocycles. The van der Waals surface area contributed by atoms with Gasteiger partial charge in [0.1, 0.15) is 11.3 Å². The first-order valence-electron chi connectivity index (χ1n) is 9.84. The molecule has 0 unspecified atom stereocenters. The molecule has 4 heterocycles. The van der Waals surface area contributed by atoms with Gasteiger partial charge in [0.05, 0.1) is 25.1 Å². The van der Waals surface area contributed by atoms with Crippen LogP contribution in [0.4, 0.5) is 0 Å². The number of carbonyl (C=O) groups excluding carboxylic acids is 2. The first kappa shape index (κ1) is 19.6. The summed E-state index contributed by atoms with van der Waals surface area (Å²) >= 11 is 1.50. The van der Waals surface area contributed by atoms with Gasteiger partial charge in [-0.05, 0) is 37.3 Å². The number of nitrogens with zero attached hydrogens (tertiary/aromatic N) is 3. The third-order valence-corrected chi connectivity index (χ3v) is 6.21. The number of imidazole rings is 1. The number of ether oxygens (including phenoxy) is 1. The van der Waals surface area contributed by atoms with Gasteiger partial charge < -0.3 is 14.6 Å². The van der Waals surface area contributed by atoms with Crippen LogP contribution in [0.2, 0.25) is 0 Å². The van der Waals surface area contributed by atoms with Crippen LogP contribution in [0.3, 0.4) is 0 Å². The molecule has 8 heteroatoms. The number of methoxy groups -OCH3 is 1. The van der Waals surface area contributed by atoms with Crippen LogP contribution in [0, 0.1) is 6.92 Å².